The van der Waals surface area contributed by atoms with Crippen LogP contribution in [0.4, 0.5) is 0 Å². The number of halogens is 1. The van der Waals surface area contributed by atoms with Gasteiger partial charge in [-0.05, 0) is 66.1 Å². The molecule has 136 valence electrons. The van der Waals surface area contributed by atoms with Gasteiger partial charge < -0.3 is 10.2 Å². The summed E-state index contributed by atoms with van der Waals surface area (Å²) in [5.41, 5.74) is 1.26. The summed E-state index contributed by atoms with van der Waals surface area (Å²) in [6.45, 7) is 8.82. The van der Waals surface area contributed by atoms with Gasteiger partial charge >= 0.3 is 0 Å². The maximum atomic E-state index is 9.21. The molecule has 1 aliphatic carbocycles. The van der Waals surface area contributed by atoms with Gasteiger partial charge in [0.1, 0.15) is 5.75 Å². The molecule has 0 bridgehead atoms. The minimum absolute atomic E-state index is 0. The number of alkyl halides is 1. The lowest BCUT2D eigenvalue weighted by molar-refractivity contribution is 0.0963. The average molecular weight is 436 g/mol. The molecule has 1 saturated carbocycles. The highest BCUT2D eigenvalue weighted by molar-refractivity contribution is 14.1. The number of phenolic OH excluding ortho intramolecular Hbond substituents is 1. The Balaban J connectivity index is 0. The number of rotatable bonds is 2. The Morgan fingerprint density at radius 1 is 0.913 bits per heavy atom. The molecule has 3 heteroatoms. The van der Waals surface area contributed by atoms with E-state index in [1.165, 1.54) is 18.4 Å². The molecule has 2 N–H and O–H groups in total. The molecular weight excluding hydrogens is 399 g/mol. The summed E-state index contributed by atoms with van der Waals surface area (Å²) < 4.78 is 0. The van der Waals surface area contributed by atoms with Crippen molar-refractivity contribution in [1.82, 2.24) is 0 Å². The van der Waals surface area contributed by atoms with E-state index in [2.05, 4.69) is 50.3 Å². The smallest absolute Gasteiger partial charge is 0.115 e. The van der Waals surface area contributed by atoms with Crippen LogP contribution in [0.2, 0.25) is 0 Å². The first kappa shape index (κ1) is 25.0. The summed E-state index contributed by atoms with van der Waals surface area (Å²) in [5, 5.41) is 18.1. The van der Waals surface area contributed by atoms with Crippen LogP contribution in [0.1, 0.15) is 72.3 Å². The third-order valence-corrected chi connectivity index (χ3v) is 4.24. The summed E-state index contributed by atoms with van der Waals surface area (Å²) in [6, 6.07) is 7.32. The molecular formula is C20H37IO2. The lowest BCUT2D eigenvalue weighted by Gasteiger charge is -2.27. The molecule has 1 aromatic carbocycles. The van der Waals surface area contributed by atoms with E-state index in [4.69, 9.17) is 5.11 Å². The zero-order valence-electron chi connectivity index (χ0n) is 14.7. The highest BCUT2D eigenvalue weighted by Crippen LogP contribution is 2.29. The minimum Gasteiger partial charge on any atom is -0.508 e. The monoisotopic (exact) mass is 436 g/mol. The fourth-order valence-corrected chi connectivity index (χ4v) is 2.63. The van der Waals surface area contributed by atoms with Gasteiger partial charge in [0.25, 0.3) is 0 Å². The first-order chi connectivity index (χ1) is 10.4. The summed E-state index contributed by atoms with van der Waals surface area (Å²) in [7, 11) is 0. The van der Waals surface area contributed by atoms with Gasteiger partial charge in [-0.15, -0.1) is 0 Å². The van der Waals surface area contributed by atoms with Crippen molar-refractivity contribution < 1.29 is 10.2 Å². The number of phenols is 1. The van der Waals surface area contributed by atoms with Crippen LogP contribution in [0, 0.1) is 11.8 Å². The van der Waals surface area contributed by atoms with E-state index in [9.17, 15) is 5.11 Å². The van der Waals surface area contributed by atoms with Crippen LogP contribution in [0.5, 0.6) is 5.75 Å². The van der Waals surface area contributed by atoms with Crippen molar-refractivity contribution in [3.63, 3.8) is 0 Å². The molecule has 0 unspecified atom stereocenters. The highest BCUT2D eigenvalue weighted by Gasteiger charge is 2.21. The second-order valence-electron chi connectivity index (χ2n) is 6.56. The molecule has 1 aliphatic rings. The summed E-state index contributed by atoms with van der Waals surface area (Å²) in [4.78, 5) is 1.97. The van der Waals surface area contributed by atoms with Crippen LogP contribution >= 0.6 is 22.6 Å². The predicted molar refractivity (Wildman–Crippen MR) is 112 cm³/mol. The van der Waals surface area contributed by atoms with Crippen molar-refractivity contribution in [3.05, 3.63) is 29.8 Å². The van der Waals surface area contributed by atoms with Crippen LogP contribution in [0.15, 0.2) is 24.3 Å². The van der Waals surface area contributed by atoms with Gasteiger partial charge in [0.15, 0.2) is 0 Å². The zero-order valence-corrected chi connectivity index (χ0v) is 16.9. The molecule has 1 aromatic rings. The number of aliphatic hydroxyl groups excluding tert-OH is 1. The van der Waals surface area contributed by atoms with Crippen molar-refractivity contribution in [1.29, 1.82) is 0 Å². The lowest BCUT2D eigenvalue weighted by Crippen LogP contribution is -2.21. The van der Waals surface area contributed by atoms with Crippen molar-refractivity contribution in [3.8, 4) is 5.75 Å². The van der Waals surface area contributed by atoms with E-state index in [0.29, 0.717) is 11.7 Å². The highest BCUT2D eigenvalue weighted by atomic mass is 127. The Kier molecular flexibility index (Phi) is 15.3. The van der Waals surface area contributed by atoms with Gasteiger partial charge in [0, 0.05) is 0 Å². The molecule has 0 radical (unpaired) electrons. The Hall–Kier alpha value is -0.290. The quantitative estimate of drug-likeness (QED) is 0.416. The zero-order chi connectivity index (χ0) is 17.1. The Morgan fingerprint density at radius 2 is 1.35 bits per heavy atom. The third kappa shape index (κ3) is 11.0. The van der Waals surface area contributed by atoms with Crippen LogP contribution in [-0.2, 0) is 0 Å². The third-order valence-electron chi connectivity index (χ3n) is 4.24. The second-order valence-corrected chi connectivity index (χ2v) is 6.56. The van der Waals surface area contributed by atoms with E-state index in [1.807, 2.05) is 17.1 Å². The van der Waals surface area contributed by atoms with Crippen molar-refractivity contribution in [2.45, 2.75) is 72.8 Å². The van der Waals surface area contributed by atoms with Crippen LogP contribution in [0.25, 0.3) is 0 Å². The van der Waals surface area contributed by atoms with Gasteiger partial charge in [-0.1, -0.05) is 69.8 Å². The molecule has 0 heterocycles. The molecule has 0 aliphatic heterocycles. The number of aromatic hydroxyl groups is 1. The average Bonchev–Trinajstić information content (AvgIpc) is 2.51. The molecule has 0 saturated heterocycles. The molecule has 0 aromatic heterocycles. The normalized spacial score (nSPS) is 19.9. The van der Waals surface area contributed by atoms with Gasteiger partial charge in [-0.2, -0.15) is 0 Å². The fourth-order valence-electron chi connectivity index (χ4n) is 2.63. The second kappa shape index (κ2) is 14.1. The van der Waals surface area contributed by atoms with Crippen LogP contribution in [-0.4, -0.2) is 21.2 Å². The van der Waals surface area contributed by atoms with Gasteiger partial charge in [-0.3, -0.25) is 0 Å². The topological polar surface area (TPSA) is 40.5 Å². The van der Waals surface area contributed by atoms with E-state index in [-0.39, 0.29) is 13.5 Å². The molecule has 0 amide bonds. The molecule has 2 rings (SSSR count). The van der Waals surface area contributed by atoms with E-state index < -0.39 is 0 Å². The van der Waals surface area contributed by atoms with E-state index in [0.717, 1.165) is 24.7 Å². The van der Waals surface area contributed by atoms with E-state index >= 15 is 0 Å². The number of hydrogen-bond acceptors (Lipinski definition) is 2. The number of aliphatic hydroxyl groups is 1. The summed E-state index contributed by atoms with van der Waals surface area (Å²) >= 11 is 2.15. The van der Waals surface area contributed by atoms with E-state index in [1.54, 1.807) is 12.1 Å². The number of benzene rings is 1. The van der Waals surface area contributed by atoms with Gasteiger partial charge in [-0.25, -0.2) is 0 Å². The fraction of sp³-hybridized carbons (Fsp3) is 0.700. The lowest BCUT2D eigenvalue weighted by atomic mass is 9.81. The van der Waals surface area contributed by atoms with Gasteiger partial charge in [0.2, 0.25) is 0 Å². The Bertz CT molecular complexity index is 366. The van der Waals surface area contributed by atoms with Crippen molar-refractivity contribution in [2.75, 3.05) is 4.93 Å². The first-order valence-electron chi connectivity index (χ1n) is 8.25. The Morgan fingerprint density at radius 3 is 1.70 bits per heavy atom. The summed E-state index contributed by atoms with van der Waals surface area (Å²) in [6.07, 6.45) is 4.54. The maximum Gasteiger partial charge on any atom is 0.115 e. The minimum atomic E-state index is 0. The Labute approximate surface area is 157 Å². The van der Waals surface area contributed by atoms with Gasteiger partial charge in [0.05, 0.1) is 6.10 Å². The van der Waals surface area contributed by atoms with Crippen LogP contribution < -0.4 is 0 Å². The standard InChI is InChI=1S/C9H18O.C9H12O.CH3I.CH4/c2*1-7(2)8-3-5-9(10)6-4-8;1-2;/h7-10H,3-6H2,1-2H3;3-7,10H,1-2H3;1H3;1H4. The largest absolute Gasteiger partial charge is 0.508 e. The van der Waals surface area contributed by atoms with Crippen molar-refractivity contribution in [2.24, 2.45) is 11.8 Å². The number of hydrogen-bond donors (Lipinski definition) is 2. The predicted octanol–water partition coefficient (Wildman–Crippen LogP) is 6.40. The molecule has 2 nitrogen and oxygen atoms in total. The van der Waals surface area contributed by atoms with Crippen molar-refractivity contribution >= 4 is 22.6 Å². The SMILES string of the molecule is C.CC(C)C1CCC(O)CC1.CC(C)c1ccc(O)cc1.CI. The maximum absolute atomic E-state index is 9.21. The molecule has 0 atom stereocenters. The first-order valence-corrected chi connectivity index (χ1v) is 10.4. The molecule has 1 fully saturated rings. The summed E-state index contributed by atoms with van der Waals surface area (Å²) in [5.74, 6) is 2.57. The van der Waals surface area contributed by atoms with Crippen LogP contribution in [0.3, 0.4) is 0 Å². The molecule has 0 spiro atoms. The molecule has 23 heavy (non-hydrogen) atoms.